The van der Waals surface area contributed by atoms with Gasteiger partial charge in [-0.1, -0.05) is 20.8 Å². The summed E-state index contributed by atoms with van der Waals surface area (Å²) in [4.78, 5) is 4.32. The summed E-state index contributed by atoms with van der Waals surface area (Å²) in [5.74, 6) is -1.76. The van der Waals surface area contributed by atoms with Gasteiger partial charge < -0.3 is 4.74 Å². The van der Waals surface area contributed by atoms with Gasteiger partial charge in [0, 0.05) is 18.6 Å². The Morgan fingerprint density at radius 1 is 1.41 bits per heavy atom. The van der Waals surface area contributed by atoms with E-state index >= 15 is 0 Å². The molecule has 0 aromatic carbocycles. The van der Waals surface area contributed by atoms with E-state index in [9.17, 15) is 8.78 Å². The highest BCUT2D eigenvalue weighted by Gasteiger charge is 2.27. The van der Waals surface area contributed by atoms with Crippen molar-refractivity contribution in [3.05, 3.63) is 12.0 Å². The minimum Gasteiger partial charge on any atom is -0.490 e. The van der Waals surface area contributed by atoms with E-state index in [1.807, 2.05) is 0 Å². The van der Waals surface area contributed by atoms with Gasteiger partial charge >= 0.3 is 0 Å². The summed E-state index contributed by atoms with van der Waals surface area (Å²) >= 11 is 0. The molecule has 1 heterocycles. The summed E-state index contributed by atoms with van der Waals surface area (Å²) in [7, 11) is 0. The molecule has 0 saturated carbocycles. The van der Waals surface area contributed by atoms with E-state index in [4.69, 9.17) is 4.74 Å². The Morgan fingerprint density at radius 3 is 2.71 bits per heavy atom. The second-order valence-electron chi connectivity index (χ2n) is 4.72. The zero-order valence-corrected chi connectivity index (χ0v) is 10.8. The maximum Gasteiger partial charge on any atom is 0.281 e. The number of ether oxygens (including phenoxy) is 1. The van der Waals surface area contributed by atoms with Crippen LogP contribution in [0.3, 0.4) is 0 Å². The first-order chi connectivity index (χ1) is 7.94. The van der Waals surface area contributed by atoms with Gasteiger partial charge in [0.25, 0.3) is 5.92 Å². The highest BCUT2D eigenvalue weighted by Crippen LogP contribution is 2.22. The average molecular weight is 245 g/mol. The van der Waals surface area contributed by atoms with Gasteiger partial charge in [-0.25, -0.2) is 8.78 Å². The van der Waals surface area contributed by atoms with Crippen molar-refractivity contribution in [3.8, 4) is 0 Å². The maximum absolute atomic E-state index is 13.0. The number of hydrogen-bond donors (Lipinski definition) is 0. The van der Waals surface area contributed by atoms with E-state index < -0.39 is 12.5 Å². The molecule has 1 aliphatic rings. The van der Waals surface area contributed by atoms with Crippen LogP contribution in [0, 0.1) is 5.92 Å². The van der Waals surface area contributed by atoms with Gasteiger partial charge in [-0.3, -0.25) is 4.99 Å². The molecule has 0 atom stereocenters. The Labute approximate surface area is 102 Å². The molecule has 98 valence electrons. The highest BCUT2D eigenvalue weighted by atomic mass is 19.3. The molecule has 1 rings (SSSR count). The molecule has 0 N–H and O–H groups in total. The van der Waals surface area contributed by atoms with Gasteiger partial charge in [0.1, 0.15) is 5.76 Å². The van der Waals surface area contributed by atoms with Crippen LogP contribution >= 0.6 is 0 Å². The van der Waals surface area contributed by atoms with Crippen molar-refractivity contribution >= 4 is 5.71 Å². The quantitative estimate of drug-likeness (QED) is 0.712. The molecule has 0 radical (unpaired) electrons. The normalized spacial score (nSPS) is 17.5. The molecule has 0 aromatic rings. The van der Waals surface area contributed by atoms with Crippen LogP contribution < -0.4 is 0 Å². The van der Waals surface area contributed by atoms with Crippen molar-refractivity contribution in [2.45, 2.75) is 52.4 Å². The standard InChI is InChI=1S/C13H21F2NO/c1-4-13(14,15)9-17-11-6-5-7-12(10(2)3)16-8-11/h8,10H,4-7,9H2,1-3H3. The molecule has 0 saturated heterocycles. The molecule has 0 bridgehead atoms. The van der Waals surface area contributed by atoms with Crippen LogP contribution in [0.15, 0.2) is 17.0 Å². The van der Waals surface area contributed by atoms with Crippen molar-refractivity contribution < 1.29 is 13.5 Å². The van der Waals surface area contributed by atoms with E-state index in [1.165, 1.54) is 6.92 Å². The summed E-state index contributed by atoms with van der Waals surface area (Å²) < 4.78 is 31.2. The number of aliphatic imine (C=N–C) groups is 1. The highest BCUT2D eigenvalue weighted by molar-refractivity contribution is 5.86. The summed E-state index contributed by atoms with van der Waals surface area (Å²) in [5, 5.41) is 0. The third kappa shape index (κ3) is 4.84. The van der Waals surface area contributed by atoms with Crippen molar-refractivity contribution in [1.29, 1.82) is 0 Å². The number of rotatable bonds is 5. The lowest BCUT2D eigenvalue weighted by atomic mass is 10.0. The minimum atomic E-state index is -2.74. The first kappa shape index (κ1) is 14.1. The molecule has 0 unspecified atom stereocenters. The third-order valence-corrected chi connectivity index (χ3v) is 2.88. The molecule has 1 aliphatic heterocycles. The lowest BCUT2D eigenvalue weighted by Gasteiger charge is -2.16. The lowest BCUT2D eigenvalue weighted by Crippen LogP contribution is -2.22. The van der Waals surface area contributed by atoms with Crippen molar-refractivity contribution in [2.24, 2.45) is 10.9 Å². The fraction of sp³-hybridized carbons (Fsp3) is 0.769. The Morgan fingerprint density at radius 2 is 2.12 bits per heavy atom. The van der Waals surface area contributed by atoms with Gasteiger partial charge in [-0.15, -0.1) is 0 Å². The monoisotopic (exact) mass is 245 g/mol. The van der Waals surface area contributed by atoms with E-state index in [0.29, 0.717) is 18.1 Å². The first-order valence-corrected chi connectivity index (χ1v) is 6.21. The van der Waals surface area contributed by atoms with Gasteiger partial charge in [0.2, 0.25) is 0 Å². The smallest absolute Gasteiger partial charge is 0.281 e. The molecule has 2 nitrogen and oxygen atoms in total. The Bertz CT molecular complexity index is 309. The van der Waals surface area contributed by atoms with Crippen LogP contribution in [0.5, 0.6) is 0 Å². The Balaban J connectivity index is 2.54. The first-order valence-electron chi connectivity index (χ1n) is 6.21. The van der Waals surface area contributed by atoms with Crippen molar-refractivity contribution in [3.63, 3.8) is 0 Å². The number of alkyl halides is 2. The molecule has 0 aliphatic carbocycles. The Kier molecular flexibility index (Phi) is 5.09. The van der Waals surface area contributed by atoms with Gasteiger partial charge in [0.15, 0.2) is 6.61 Å². The van der Waals surface area contributed by atoms with E-state index in [-0.39, 0.29) is 6.42 Å². The second-order valence-corrected chi connectivity index (χ2v) is 4.72. The van der Waals surface area contributed by atoms with Crippen LogP contribution in [-0.4, -0.2) is 18.2 Å². The largest absolute Gasteiger partial charge is 0.490 e. The number of allylic oxidation sites excluding steroid dienone is 1. The predicted octanol–water partition coefficient (Wildman–Crippen LogP) is 4.17. The lowest BCUT2D eigenvalue weighted by molar-refractivity contribution is -0.0636. The van der Waals surface area contributed by atoms with Crippen LogP contribution in [0.4, 0.5) is 8.78 Å². The van der Waals surface area contributed by atoms with E-state index in [0.717, 1.165) is 18.6 Å². The number of hydrogen-bond acceptors (Lipinski definition) is 2. The van der Waals surface area contributed by atoms with E-state index in [2.05, 4.69) is 18.8 Å². The fourth-order valence-electron chi connectivity index (χ4n) is 1.58. The SMILES string of the molecule is CCC(F)(F)COC1=CN=C(C(C)C)CCC1. The summed E-state index contributed by atoms with van der Waals surface area (Å²) in [6.07, 6.45) is 3.94. The van der Waals surface area contributed by atoms with E-state index in [1.54, 1.807) is 6.20 Å². The fourth-order valence-corrected chi connectivity index (χ4v) is 1.58. The average Bonchev–Trinajstić information content (AvgIpc) is 2.52. The van der Waals surface area contributed by atoms with Gasteiger partial charge in [-0.05, 0) is 18.8 Å². The molecule has 17 heavy (non-hydrogen) atoms. The van der Waals surface area contributed by atoms with Crippen LogP contribution in [0.1, 0.15) is 46.5 Å². The summed E-state index contributed by atoms with van der Waals surface area (Å²) in [5.41, 5.74) is 1.12. The van der Waals surface area contributed by atoms with Crippen molar-refractivity contribution in [2.75, 3.05) is 6.61 Å². The van der Waals surface area contributed by atoms with Crippen LogP contribution in [-0.2, 0) is 4.74 Å². The van der Waals surface area contributed by atoms with Gasteiger partial charge in [0.05, 0.1) is 6.20 Å². The zero-order chi connectivity index (χ0) is 12.9. The zero-order valence-electron chi connectivity index (χ0n) is 10.8. The molecular formula is C13H21F2NO. The molecule has 4 heteroatoms. The van der Waals surface area contributed by atoms with Crippen LogP contribution in [0.25, 0.3) is 0 Å². The second kappa shape index (κ2) is 6.12. The molecular weight excluding hydrogens is 224 g/mol. The molecule has 0 fully saturated rings. The topological polar surface area (TPSA) is 21.6 Å². The van der Waals surface area contributed by atoms with Crippen LogP contribution in [0.2, 0.25) is 0 Å². The number of nitrogens with zero attached hydrogens (tertiary/aromatic N) is 1. The number of halogens is 2. The molecule has 0 spiro atoms. The summed E-state index contributed by atoms with van der Waals surface area (Å²) in [6, 6.07) is 0. The maximum atomic E-state index is 13.0. The molecule has 0 aromatic heterocycles. The summed E-state index contributed by atoms with van der Waals surface area (Å²) in [6.45, 7) is 5.09. The molecule has 0 amide bonds. The third-order valence-electron chi connectivity index (χ3n) is 2.88. The minimum absolute atomic E-state index is 0.194. The van der Waals surface area contributed by atoms with Crippen molar-refractivity contribution in [1.82, 2.24) is 0 Å². The van der Waals surface area contributed by atoms with Gasteiger partial charge in [-0.2, -0.15) is 0 Å². The Hall–Kier alpha value is -0.930. The predicted molar refractivity (Wildman–Crippen MR) is 65.4 cm³/mol.